The lowest BCUT2D eigenvalue weighted by Crippen LogP contribution is -2.24. The highest BCUT2D eigenvalue weighted by Crippen LogP contribution is 2.14. The number of aromatic nitrogens is 1. The molecule has 0 aliphatic carbocycles. The Labute approximate surface area is 86.5 Å². The fourth-order valence-electron chi connectivity index (χ4n) is 1.08. The highest BCUT2D eigenvalue weighted by Gasteiger charge is 2.06. The summed E-state index contributed by atoms with van der Waals surface area (Å²) in [5.74, 6) is 0.0809. The van der Waals surface area contributed by atoms with E-state index in [0.717, 1.165) is 10.2 Å². The van der Waals surface area contributed by atoms with Crippen LogP contribution < -0.4 is 0 Å². The van der Waals surface area contributed by atoms with Crippen LogP contribution in [0.1, 0.15) is 12.6 Å². The molecule has 0 aliphatic heterocycles. The molecule has 0 aliphatic rings. The van der Waals surface area contributed by atoms with Crippen molar-refractivity contribution >= 4 is 21.8 Å². The number of hydrogen-bond acceptors (Lipinski definition) is 1. The summed E-state index contributed by atoms with van der Waals surface area (Å²) in [6.07, 6.45) is 1.98. The molecule has 1 amide bonds. The van der Waals surface area contributed by atoms with Crippen molar-refractivity contribution in [1.82, 2.24) is 9.47 Å². The molecule has 0 N–H and O–H groups in total. The minimum atomic E-state index is 0.0809. The average Bonchev–Trinajstić information content (AvgIpc) is 2.30. The Balaban J connectivity index is 2.74. The van der Waals surface area contributed by atoms with Crippen LogP contribution in [0, 0.1) is 0 Å². The molecule has 3 nitrogen and oxygen atoms in total. The Bertz CT molecular complexity index is 319. The second-order valence-corrected chi connectivity index (χ2v) is 4.05. The zero-order valence-corrected chi connectivity index (χ0v) is 9.63. The number of aryl methyl sites for hydroxylation is 1. The van der Waals surface area contributed by atoms with Gasteiger partial charge in [0.05, 0.1) is 6.54 Å². The SMILES string of the molecule is CC(=O)N(C)Cc1cc(Br)cn1C. The highest BCUT2D eigenvalue weighted by atomic mass is 79.9. The molecule has 0 atom stereocenters. The van der Waals surface area contributed by atoms with Crippen LogP contribution in [0.15, 0.2) is 16.7 Å². The zero-order chi connectivity index (χ0) is 10.0. The predicted octanol–water partition coefficient (Wildman–Crippen LogP) is 1.77. The number of amides is 1. The monoisotopic (exact) mass is 244 g/mol. The van der Waals surface area contributed by atoms with Crippen molar-refractivity contribution in [2.24, 2.45) is 7.05 Å². The molecular formula is C9H13BrN2O. The third kappa shape index (κ3) is 2.59. The molecule has 0 radical (unpaired) electrons. The Morgan fingerprint density at radius 2 is 2.31 bits per heavy atom. The summed E-state index contributed by atoms with van der Waals surface area (Å²) in [6, 6.07) is 2.01. The number of hydrogen-bond donors (Lipinski definition) is 0. The van der Waals surface area contributed by atoms with Crippen molar-refractivity contribution in [3.8, 4) is 0 Å². The van der Waals surface area contributed by atoms with E-state index in [1.54, 1.807) is 18.9 Å². The Kier molecular flexibility index (Phi) is 3.14. The molecule has 1 rings (SSSR count). The van der Waals surface area contributed by atoms with Crippen LogP contribution in [0.4, 0.5) is 0 Å². The van der Waals surface area contributed by atoms with Crippen LogP contribution in [0.2, 0.25) is 0 Å². The molecular weight excluding hydrogens is 232 g/mol. The molecule has 0 spiro atoms. The third-order valence-electron chi connectivity index (χ3n) is 2.01. The van der Waals surface area contributed by atoms with Gasteiger partial charge in [-0.15, -0.1) is 0 Å². The molecule has 1 aromatic heterocycles. The normalized spacial score (nSPS) is 10.2. The Morgan fingerprint density at radius 1 is 1.69 bits per heavy atom. The van der Waals surface area contributed by atoms with Gasteiger partial charge in [0.25, 0.3) is 0 Å². The Morgan fingerprint density at radius 3 is 2.69 bits per heavy atom. The van der Waals surface area contributed by atoms with Gasteiger partial charge in [0.15, 0.2) is 0 Å². The van der Waals surface area contributed by atoms with Crippen LogP contribution in [0.5, 0.6) is 0 Å². The van der Waals surface area contributed by atoms with Crippen LogP contribution in [-0.4, -0.2) is 22.4 Å². The lowest BCUT2D eigenvalue weighted by atomic mass is 10.4. The first-order valence-corrected chi connectivity index (χ1v) is 4.82. The van der Waals surface area contributed by atoms with Crippen LogP contribution in [-0.2, 0) is 18.4 Å². The predicted molar refractivity (Wildman–Crippen MR) is 55.3 cm³/mol. The number of halogens is 1. The molecule has 0 saturated carbocycles. The second-order valence-electron chi connectivity index (χ2n) is 3.14. The molecule has 72 valence electrons. The van der Waals surface area contributed by atoms with Gasteiger partial charge in [-0.2, -0.15) is 0 Å². The standard InChI is InChI=1S/C9H13BrN2O/c1-7(13)11(2)6-9-4-8(10)5-12(9)3/h4-5H,6H2,1-3H3. The first-order valence-electron chi connectivity index (χ1n) is 4.03. The van der Waals surface area contributed by atoms with Gasteiger partial charge in [-0.1, -0.05) is 0 Å². The molecule has 0 fully saturated rings. The summed E-state index contributed by atoms with van der Waals surface area (Å²) in [4.78, 5) is 12.7. The van der Waals surface area contributed by atoms with Crippen LogP contribution >= 0.6 is 15.9 Å². The van der Waals surface area contributed by atoms with E-state index >= 15 is 0 Å². The minimum absolute atomic E-state index is 0.0809. The van der Waals surface area contributed by atoms with E-state index in [-0.39, 0.29) is 5.91 Å². The fourth-order valence-corrected chi connectivity index (χ4v) is 1.65. The lowest BCUT2D eigenvalue weighted by Gasteiger charge is -2.14. The maximum atomic E-state index is 11.0. The molecule has 1 aromatic rings. The topological polar surface area (TPSA) is 25.2 Å². The first-order chi connectivity index (χ1) is 6.00. The summed E-state index contributed by atoms with van der Waals surface area (Å²) >= 11 is 3.39. The molecule has 0 bridgehead atoms. The van der Waals surface area contributed by atoms with Gasteiger partial charge in [0.2, 0.25) is 5.91 Å². The summed E-state index contributed by atoms with van der Waals surface area (Å²) in [6.45, 7) is 2.22. The number of rotatable bonds is 2. The van der Waals surface area contributed by atoms with Gasteiger partial charge in [-0.3, -0.25) is 4.79 Å². The van der Waals surface area contributed by atoms with E-state index in [2.05, 4.69) is 15.9 Å². The lowest BCUT2D eigenvalue weighted by molar-refractivity contribution is -0.128. The maximum absolute atomic E-state index is 11.0. The van der Waals surface area contributed by atoms with Gasteiger partial charge in [-0.25, -0.2) is 0 Å². The summed E-state index contributed by atoms with van der Waals surface area (Å²) in [5.41, 5.74) is 1.12. The van der Waals surface area contributed by atoms with Crippen molar-refractivity contribution in [2.45, 2.75) is 13.5 Å². The van der Waals surface area contributed by atoms with Gasteiger partial charge in [0, 0.05) is 37.4 Å². The van der Waals surface area contributed by atoms with E-state index in [4.69, 9.17) is 0 Å². The van der Waals surface area contributed by atoms with Crippen molar-refractivity contribution in [2.75, 3.05) is 7.05 Å². The number of nitrogens with zero attached hydrogens (tertiary/aromatic N) is 2. The second kappa shape index (κ2) is 3.96. The van der Waals surface area contributed by atoms with Crippen LogP contribution in [0.3, 0.4) is 0 Å². The summed E-state index contributed by atoms with van der Waals surface area (Å²) < 4.78 is 3.05. The Hall–Kier alpha value is -0.770. The minimum Gasteiger partial charge on any atom is -0.352 e. The van der Waals surface area contributed by atoms with Crippen molar-refractivity contribution in [3.63, 3.8) is 0 Å². The molecule has 1 heterocycles. The number of carbonyl (C=O) groups is 1. The fraction of sp³-hybridized carbons (Fsp3) is 0.444. The maximum Gasteiger partial charge on any atom is 0.219 e. The number of carbonyl (C=O) groups excluding carboxylic acids is 1. The molecule has 0 aromatic carbocycles. The van der Waals surface area contributed by atoms with Gasteiger partial charge < -0.3 is 9.47 Å². The third-order valence-corrected chi connectivity index (χ3v) is 2.44. The van der Waals surface area contributed by atoms with Gasteiger partial charge in [0.1, 0.15) is 0 Å². The van der Waals surface area contributed by atoms with E-state index < -0.39 is 0 Å². The zero-order valence-electron chi connectivity index (χ0n) is 8.04. The smallest absolute Gasteiger partial charge is 0.219 e. The highest BCUT2D eigenvalue weighted by molar-refractivity contribution is 9.10. The van der Waals surface area contributed by atoms with E-state index in [9.17, 15) is 4.79 Å². The van der Waals surface area contributed by atoms with Crippen molar-refractivity contribution in [3.05, 3.63) is 22.4 Å². The van der Waals surface area contributed by atoms with Crippen LogP contribution in [0.25, 0.3) is 0 Å². The largest absolute Gasteiger partial charge is 0.352 e. The van der Waals surface area contributed by atoms with E-state index in [1.807, 2.05) is 23.9 Å². The molecule has 13 heavy (non-hydrogen) atoms. The summed E-state index contributed by atoms with van der Waals surface area (Å²) in [5, 5.41) is 0. The van der Waals surface area contributed by atoms with Crippen molar-refractivity contribution in [1.29, 1.82) is 0 Å². The van der Waals surface area contributed by atoms with Gasteiger partial charge >= 0.3 is 0 Å². The van der Waals surface area contributed by atoms with E-state index in [0.29, 0.717) is 6.54 Å². The van der Waals surface area contributed by atoms with Gasteiger partial charge in [-0.05, 0) is 22.0 Å². The molecule has 4 heteroatoms. The average molecular weight is 245 g/mol. The summed E-state index contributed by atoms with van der Waals surface area (Å²) in [7, 11) is 3.76. The molecule has 0 saturated heterocycles. The van der Waals surface area contributed by atoms with E-state index in [1.165, 1.54) is 0 Å². The first kappa shape index (κ1) is 10.3. The quantitative estimate of drug-likeness (QED) is 0.779. The van der Waals surface area contributed by atoms with Crippen molar-refractivity contribution < 1.29 is 4.79 Å². The molecule has 0 unspecified atom stereocenters.